The van der Waals surface area contributed by atoms with E-state index in [0.717, 1.165) is 29.7 Å². The summed E-state index contributed by atoms with van der Waals surface area (Å²) in [7, 11) is 0. The minimum Gasteiger partial charge on any atom is -0.269 e. The summed E-state index contributed by atoms with van der Waals surface area (Å²) < 4.78 is 2.05. The number of nitrogens with zero attached hydrogens (tertiary/aromatic N) is 4. The van der Waals surface area contributed by atoms with Gasteiger partial charge in [0.15, 0.2) is 11.0 Å². The Morgan fingerprint density at radius 1 is 0.971 bits per heavy atom. The summed E-state index contributed by atoms with van der Waals surface area (Å²) in [6.07, 6.45) is 1.67. The predicted molar refractivity (Wildman–Crippen MR) is 138 cm³/mol. The summed E-state index contributed by atoms with van der Waals surface area (Å²) in [6, 6.07) is 18.2. The maximum Gasteiger partial charge on any atom is 0.269 e. The van der Waals surface area contributed by atoms with Crippen LogP contribution < -0.4 is 0 Å². The van der Waals surface area contributed by atoms with Crippen LogP contribution in [0.5, 0.6) is 0 Å². The molecule has 0 amide bonds. The van der Waals surface area contributed by atoms with Gasteiger partial charge in [0.2, 0.25) is 0 Å². The van der Waals surface area contributed by atoms with Crippen molar-refractivity contribution in [2.75, 3.05) is 0 Å². The highest BCUT2D eigenvalue weighted by molar-refractivity contribution is 7.98. The summed E-state index contributed by atoms with van der Waals surface area (Å²) in [5, 5.41) is 21.9. The summed E-state index contributed by atoms with van der Waals surface area (Å²) in [6.45, 7) is 4.24. The molecule has 0 aliphatic carbocycles. The molecule has 0 unspecified atom stereocenters. The van der Waals surface area contributed by atoms with E-state index in [9.17, 15) is 10.1 Å². The van der Waals surface area contributed by atoms with Crippen molar-refractivity contribution in [3.63, 3.8) is 0 Å². The van der Waals surface area contributed by atoms with Crippen molar-refractivity contribution in [3.8, 4) is 17.1 Å². The van der Waals surface area contributed by atoms with E-state index in [2.05, 4.69) is 46.8 Å². The second-order valence-electron chi connectivity index (χ2n) is 7.61. The normalized spacial score (nSPS) is 11.1. The number of non-ortho nitro benzene ring substituents is 1. The lowest BCUT2D eigenvalue weighted by Crippen LogP contribution is -2.07. The van der Waals surface area contributed by atoms with Gasteiger partial charge >= 0.3 is 0 Å². The van der Waals surface area contributed by atoms with E-state index in [1.54, 1.807) is 24.3 Å². The molecule has 0 N–H and O–H groups in total. The molecule has 0 aliphatic heterocycles. The highest BCUT2D eigenvalue weighted by Gasteiger charge is 2.22. The van der Waals surface area contributed by atoms with Crippen LogP contribution in [0, 0.1) is 10.1 Å². The number of halogens is 2. The molecule has 4 rings (SSSR count). The molecule has 0 spiro atoms. The molecule has 0 atom stereocenters. The fourth-order valence-electron chi connectivity index (χ4n) is 3.82. The van der Waals surface area contributed by atoms with Crippen molar-refractivity contribution in [1.29, 1.82) is 0 Å². The second kappa shape index (κ2) is 10.6. The minimum atomic E-state index is -0.387. The molecule has 0 radical (unpaired) electrons. The van der Waals surface area contributed by atoms with Crippen molar-refractivity contribution in [2.24, 2.45) is 0 Å². The van der Waals surface area contributed by atoms with Gasteiger partial charge in [-0.05, 0) is 47.7 Å². The first kappa shape index (κ1) is 24.3. The molecule has 1 heterocycles. The first-order valence-corrected chi connectivity index (χ1v) is 12.5. The van der Waals surface area contributed by atoms with Crippen LogP contribution in [0.2, 0.25) is 10.0 Å². The molecule has 0 aliphatic rings. The molecule has 34 heavy (non-hydrogen) atoms. The maximum atomic E-state index is 11.2. The lowest BCUT2D eigenvalue weighted by atomic mass is 10.0. The van der Waals surface area contributed by atoms with Crippen LogP contribution >= 0.6 is 35.0 Å². The van der Waals surface area contributed by atoms with Gasteiger partial charge in [-0.15, -0.1) is 10.2 Å². The Balaban J connectivity index is 1.85. The summed E-state index contributed by atoms with van der Waals surface area (Å²) in [5.74, 6) is 1.13. The fourth-order valence-corrected chi connectivity index (χ4v) is 5.19. The van der Waals surface area contributed by atoms with Gasteiger partial charge in [0.1, 0.15) is 0 Å². The molecule has 0 bridgehead atoms. The Bertz CT molecular complexity index is 1330. The topological polar surface area (TPSA) is 73.8 Å². The smallest absolute Gasteiger partial charge is 0.269 e. The standard InChI is InChI=1S/C25H22Cl2N4O2S/c1-3-17-8-6-9-18(4-2)23(17)30-24(21-12-11-19(26)14-22(21)27)28-29-25(30)34-15-16-7-5-10-20(13-16)31(32)33/h5-14H,3-4,15H2,1-2H3. The van der Waals surface area contributed by atoms with Gasteiger partial charge in [-0.2, -0.15) is 0 Å². The van der Waals surface area contributed by atoms with Crippen molar-refractivity contribution in [2.45, 2.75) is 37.6 Å². The quantitative estimate of drug-likeness (QED) is 0.138. The van der Waals surface area contributed by atoms with Crippen molar-refractivity contribution in [3.05, 3.63) is 97.5 Å². The zero-order valence-corrected chi connectivity index (χ0v) is 21.0. The van der Waals surface area contributed by atoms with Gasteiger partial charge in [0.05, 0.1) is 15.6 Å². The predicted octanol–water partition coefficient (Wildman–Crippen LogP) is 7.57. The van der Waals surface area contributed by atoms with Gasteiger partial charge < -0.3 is 0 Å². The van der Waals surface area contributed by atoms with E-state index in [0.29, 0.717) is 26.8 Å². The van der Waals surface area contributed by atoms with Crippen molar-refractivity contribution < 1.29 is 4.92 Å². The molecule has 4 aromatic rings. The molecule has 174 valence electrons. The van der Waals surface area contributed by atoms with Crippen molar-refractivity contribution in [1.82, 2.24) is 14.8 Å². The minimum absolute atomic E-state index is 0.0674. The van der Waals surface area contributed by atoms with Gasteiger partial charge in [-0.1, -0.05) is 79.1 Å². The number of hydrogen-bond acceptors (Lipinski definition) is 5. The van der Waals surface area contributed by atoms with E-state index in [4.69, 9.17) is 23.2 Å². The Morgan fingerprint density at radius 2 is 1.68 bits per heavy atom. The number of thioether (sulfide) groups is 1. The number of nitro benzene ring substituents is 1. The maximum absolute atomic E-state index is 11.2. The third-order valence-corrected chi connectivity index (χ3v) is 7.03. The summed E-state index contributed by atoms with van der Waals surface area (Å²) in [5.41, 5.74) is 5.01. The molecule has 0 saturated heterocycles. The fraction of sp³-hybridized carbons (Fsp3) is 0.200. The van der Waals surface area contributed by atoms with E-state index >= 15 is 0 Å². The van der Waals surface area contributed by atoms with Gasteiger partial charge in [-0.25, -0.2) is 0 Å². The highest BCUT2D eigenvalue weighted by atomic mass is 35.5. The zero-order chi connectivity index (χ0) is 24.2. The number of para-hydroxylation sites is 1. The number of nitro groups is 1. The number of rotatable bonds is 8. The zero-order valence-electron chi connectivity index (χ0n) is 18.7. The molecule has 0 fully saturated rings. The summed E-state index contributed by atoms with van der Waals surface area (Å²) >= 11 is 14.2. The molecule has 0 saturated carbocycles. The van der Waals surface area contributed by atoms with Gasteiger partial charge in [0.25, 0.3) is 5.69 Å². The van der Waals surface area contributed by atoms with Crippen molar-refractivity contribution >= 4 is 40.7 Å². The first-order chi connectivity index (χ1) is 16.4. The number of benzene rings is 3. The lowest BCUT2D eigenvalue weighted by Gasteiger charge is -2.18. The largest absolute Gasteiger partial charge is 0.269 e. The average molecular weight is 513 g/mol. The van der Waals surface area contributed by atoms with Crippen LogP contribution in [0.25, 0.3) is 17.1 Å². The Hall–Kier alpha value is -2.87. The number of aryl methyl sites for hydroxylation is 2. The average Bonchev–Trinajstić information content (AvgIpc) is 3.25. The van der Waals surface area contributed by atoms with E-state index in [1.807, 2.05) is 12.1 Å². The molecule has 6 nitrogen and oxygen atoms in total. The van der Waals surface area contributed by atoms with Crippen LogP contribution in [0.15, 0.2) is 65.8 Å². The third kappa shape index (κ3) is 4.97. The van der Waals surface area contributed by atoms with Crippen LogP contribution in [0.1, 0.15) is 30.5 Å². The molecule has 9 heteroatoms. The molecule has 1 aromatic heterocycles. The molecular weight excluding hydrogens is 491 g/mol. The number of aromatic nitrogens is 3. The van der Waals surface area contributed by atoms with E-state index < -0.39 is 0 Å². The molecule has 3 aromatic carbocycles. The SMILES string of the molecule is CCc1cccc(CC)c1-n1c(SCc2cccc([N+](=O)[O-])c2)nnc1-c1ccc(Cl)cc1Cl. The number of hydrogen-bond donors (Lipinski definition) is 0. The monoisotopic (exact) mass is 512 g/mol. The highest BCUT2D eigenvalue weighted by Crippen LogP contribution is 2.36. The Kier molecular flexibility index (Phi) is 7.56. The van der Waals surface area contributed by atoms with Crippen LogP contribution in [-0.2, 0) is 18.6 Å². The van der Waals surface area contributed by atoms with Gasteiger partial charge in [-0.3, -0.25) is 14.7 Å². The van der Waals surface area contributed by atoms with Crippen LogP contribution in [0.4, 0.5) is 5.69 Å². The Morgan fingerprint density at radius 3 is 2.32 bits per heavy atom. The van der Waals surface area contributed by atoms with Gasteiger partial charge in [0, 0.05) is 28.5 Å². The van der Waals surface area contributed by atoms with Crippen LogP contribution in [-0.4, -0.2) is 19.7 Å². The third-order valence-electron chi connectivity index (χ3n) is 5.48. The summed E-state index contributed by atoms with van der Waals surface area (Å²) in [4.78, 5) is 10.8. The first-order valence-electron chi connectivity index (χ1n) is 10.8. The Labute approximate surface area is 212 Å². The van der Waals surface area contributed by atoms with E-state index in [-0.39, 0.29) is 10.6 Å². The molecular formula is C25H22Cl2N4O2S. The van der Waals surface area contributed by atoms with E-state index in [1.165, 1.54) is 29.0 Å². The second-order valence-corrected chi connectivity index (χ2v) is 9.40. The lowest BCUT2D eigenvalue weighted by molar-refractivity contribution is -0.384. The van der Waals surface area contributed by atoms with Crippen LogP contribution in [0.3, 0.4) is 0 Å².